The van der Waals surface area contributed by atoms with Gasteiger partial charge in [0.2, 0.25) is 0 Å². The van der Waals surface area contributed by atoms with Crippen molar-refractivity contribution in [1.82, 2.24) is 0 Å². The fourth-order valence-corrected chi connectivity index (χ4v) is 0.957. The van der Waals surface area contributed by atoms with E-state index >= 15 is 0 Å². The van der Waals surface area contributed by atoms with E-state index in [9.17, 15) is 0 Å². The number of phenolic OH excluding ortho intramolecular Hbond substituents is 1. The molecule has 0 fully saturated rings. The fourth-order valence-electron chi connectivity index (χ4n) is 0.957. The maximum Gasteiger partial charge on any atom is 0.488 e. The van der Waals surface area contributed by atoms with E-state index in [0.29, 0.717) is 0 Å². The number of aliphatic hydroxyl groups excluding tert-OH is 1. The van der Waals surface area contributed by atoms with E-state index in [-0.39, 0.29) is 16.8 Å². The Hall–Kier alpha value is -1.08. The van der Waals surface area contributed by atoms with Crippen LogP contribution in [0.5, 0.6) is 5.75 Å². The van der Waals surface area contributed by atoms with Crippen molar-refractivity contribution in [1.29, 1.82) is 0 Å². The van der Waals surface area contributed by atoms with Gasteiger partial charge in [0.25, 0.3) is 0 Å². The molecule has 1 rings (SSSR count). The number of aromatic hydroxyl groups is 1. The minimum Gasteiger partial charge on any atom is -0.508 e. The molecule has 1 aromatic rings. The summed E-state index contributed by atoms with van der Waals surface area (Å²) in [5.74, 6) is -0.256. The Labute approximate surface area is 74.7 Å². The number of hydrogen-bond donors (Lipinski definition) is 5. The number of hydrogen-bond acceptors (Lipinski definition) is 5. The zero-order valence-corrected chi connectivity index (χ0v) is 6.62. The average Bonchev–Trinajstić information content (AvgIpc) is 2.03. The molecule has 0 aliphatic rings. The summed E-state index contributed by atoms with van der Waals surface area (Å²) in [5.41, 5.74) is 0.00574. The van der Waals surface area contributed by atoms with Gasteiger partial charge in [0.15, 0.2) is 6.29 Å². The highest BCUT2D eigenvalue weighted by Crippen LogP contribution is 2.14. The first kappa shape index (κ1) is 10.0. The highest BCUT2D eigenvalue weighted by atomic mass is 16.5. The molecule has 5 N–H and O–H groups in total. The Kier molecular flexibility index (Phi) is 2.89. The van der Waals surface area contributed by atoms with E-state index in [4.69, 9.17) is 25.4 Å². The minimum atomic E-state index is -1.75. The van der Waals surface area contributed by atoms with E-state index in [1.54, 1.807) is 0 Å². The van der Waals surface area contributed by atoms with Crippen molar-refractivity contribution < 1.29 is 25.4 Å². The molecule has 0 radical (unpaired) electrons. The minimum absolute atomic E-state index is 0.00287. The van der Waals surface area contributed by atoms with E-state index in [1.165, 1.54) is 6.07 Å². The number of phenols is 1. The Morgan fingerprint density at radius 3 is 2.15 bits per heavy atom. The second kappa shape index (κ2) is 3.76. The van der Waals surface area contributed by atoms with Crippen molar-refractivity contribution in [3.8, 4) is 5.75 Å². The zero-order valence-electron chi connectivity index (χ0n) is 6.62. The van der Waals surface area contributed by atoms with Crippen molar-refractivity contribution >= 4 is 12.6 Å². The lowest BCUT2D eigenvalue weighted by atomic mass is 9.79. The third-order valence-corrected chi connectivity index (χ3v) is 1.56. The van der Waals surface area contributed by atoms with Gasteiger partial charge in [-0.15, -0.1) is 0 Å². The second-order valence-electron chi connectivity index (χ2n) is 2.61. The van der Waals surface area contributed by atoms with Crippen LogP contribution in [0.25, 0.3) is 0 Å². The molecular formula is C7H9BO5. The van der Waals surface area contributed by atoms with Crippen LogP contribution >= 0.6 is 0 Å². The normalized spacial score (nSPS) is 10.5. The van der Waals surface area contributed by atoms with E-state index in [2.05, 4.69) is 0 Å². The Morgan fingerprint density at radius 1 is 1.08 bits per heavy atom. The molecule has 0 unspecified atom stereocenters. The molecule has 0 saturated carbocycles. The molecular weight excluding hydrogens is 175 g/mol. The first-order chi connectivity index (χ1) is 6.00. The molecule has 0 heterocycles. The van der Waals surface area contributed by atoms with Gasteiger partial charge in [0.05, 0.1) is 0 Å². The highest BCUT2D eigenvalue weighted by molar-refractivity contribution is 6.58. The molecule has 0 atom stereocenters. The van der Waals surface area contributed by atoms with Crippen molar-refractivity contribution in [2.75, 3.05) is 0 Å². The second-order valence-corrected chi connectivity index (χ2v) is 2.61. The van der Waals surface area contributed by atoms with Crippen molar-refractivity contribution in [3.63, 3.8) is 0 Å². The van der Waals surface area contributed by atoms with E-state index in [0.717, 1.165) is 12.1 Å². The summed E-state index contributed by atoms with van der Waals surface area (Å²) in [6.07, 6.45) is -1.75. The molecule has 0 bridgehead atoms. The third-order valence-electron chi connectivity index (χ3n) is 1.56. The molecule has 70 valence electrons. The summed E-state index contributed by atoms with van der Waals surface area (Å²) in [5, 5.41) is 44.0. The quantitative estimate of drug-likeness (QED) is 0.271. The molecule has 0 spiro atoms. The van der Waals surface area contributed by atoms with Crippen LogP contribution in [0.4, 0.5) is 0 Å². The number of aliphatic hydroxyl groups is 2. The van der Waals surface area contributed by atoms with Crippen LogP contribution in [-0.4, -0.2) is 32.5 Å². The summed E-state index contributed by atoms with van der Waals surface area (Å²) in [6, 6.07) is 3.42. The first-order valence-corrected chi connectivity index (χ1v) is 3.57. The molecule has 0 aliphatic carbocycles. The van der Waals surface area contributed by atoms with Crippen LogP contribution in [0.3, 0.4) is 0 Å². The van der Waals surface area contributed by atoms with Crippen LogP contribution in [0.1, 0.15) is 11.9 Å². The van der Waals surface area contributed by atoms with Crippen LogP contribution in [0.2, 0.25) is 0 Å². The van der Waals surface area contributed by atoms with Gasteiger partial charge in [-0.2, -0.15) is 0 Å². The van der Waals surface area contributed by atoms with Crippen LogP contribution in [-0.2, 0) is 0 Å². The Balaban J connectivity index is 3.11. The fraction of sp³-hybridized carbons (Fsp3) is 0.143. The lowest BCUT2D eigenvalue weighted by Gasteiger charge is -2.07. The highest BCUT2D eigenvalue weighted by Gasteiger charge is 2.14. The largest absolute Gasteiger partial charge is 0.508 e. The first-order valence-electron chi connectivity index (χ1n) is 3.57. The van der Waals surface area contributed by atoms with Gasteiger partial charge < -0.3 is 25.4 Å². The molecule has 13 heavy (non-hydrogen) atoms. The average molecular weight is 184 g/mol. The van der Waals surface area contributed by atoms with E-state index in [1.807, 2.05) is 0 Å². The summed E-state index contributed by atoms with van der Waals surface area (Å²) in [7, 11) is -1.75. The van der Waals surface area contributed by atoms with Gasteiger partial charge in [-0.05, 0) is 17.6 Å². The van der Waals surface area contributed by atoms with Gasteiger partial charge in [-0.25, -0.2) is 0 Å². The zero-order chi connectivity index (χ0) is 10.0. The number of rotatable bonds is 2. The Morgan fingerprint density at radius 2 is 1.69 bits per heavy atom. The topological polar surface area (TPSA) is 101 Å². The summed E-state index contributed by atoms with van der Waals surface area (Å²) in [6.45, 7) is 0. The van der Waals surface area contributed by atoms with Gasteiger partial charge in [-0.1, -0.05) is 6.07 Å². The maximum atomic E-state index is 9.05. The van der Waals surface area contributed by atoms with E-state index < -0.39 is 13.4 Å². The summed E-state index contributed by atoms with van der Waals surface area (Å²) in [4.78, 5) is 0. The van der Waals surface area contributed by atoms with Gasteiger partial charge in [-0.3, -0.25) is 0 Å². The van der Waals surface area contributed by atoms with Crippen molar-refractivity contribution in [3.05, 3.63) is 23.8 Å². The third kappa shape index (κ3) is 2.43. The Bertz CT molecular complexity index is 273. The van der Waals surface area contributed by atoms with Crippen LogP contribution in [0, 0.1) is 0 Å². The van der Waals surface area contributed by atoms with Crippen LogP contribution in [0.15, 0.2) is 18.2 Å². The van der Waals surface area contributed by atoms with Crippen LogP contribution < -0.4 is 5.46 Å². The van der Waals surface area contributed by atoms with Crippen molar-refractivity contribution in [2.24, 2.45) is 0 Å². The summed E-state index contributed by atoms with van der Waals surface area (Å²) >= 11 is 0. The lowest BCUT2D eigenvalue weighted by Crippen LogP contribution is -2.30. The summed E-state index contributed by atoms with van der Waals surface area (Å²) < 4.78 is 0. The molecule has 6 heteroatoms. The van der Waals surface area contributed by atoms with Gasteiger partial charge in [0.1, 0.15) is 5.75 Å². The predicted octanol–water partition coefficient (Wildman–Crippen LogP) is -1.94. The molecule has 5 nitrogen and oxygen atoms in total. The maximum absolute atomic E-state index is 9.05. The molecule has 0 saturated heterocycles. The molecule has 0 aliphatic heterocycles. The smallest absolute Gasteiger partial charge is 0.488 e. The molecule has 1 aromatic carbocycles. The SMILES string of the molecule is OB(O)c1cc(O)cc(C(O)O)c1. The molecule has 0 aromatic heterocycles. The predicted molar refractivity (Wildman–Crippen MR) is 45.1 cm³/mol. The monoisotopic (exact) mass is 184 g/mol. The number of benzene rings is 1. The lowest BCUT2D eigenvalue weighted by molar-refractivity contribution is -0.0425. The van der Waals surface area contributed by atoms with Gasteiger partial charge >= 0.3 is 7.12 Å². The van der Waals surface area contributed by atoms with Gasteiger partial charge in [0, 0.05) is 5.56 Å². The standard InChI is InChI=1S/C7H9BO5/c9-6-2-4(7(10)11)1-5(3-6)8(12)13/h1-3,7,9-13H. The molecule has 0 amide bonds. The van der Waals surface area contributed by atoms with Crippen molar-refractivity contribution in [2.45, 2.75) is 6.29 Å².